The number of carbonyl (C=O) groups is 1. The molecule has 1 amide bonds. The number of thiazole rings is 1. The number of fused-ring (bicyclic) bond motifs is 1. The third-order valence-electron chi connectivity index (χ3n) is 7.95. The summed E-state index contributed by atoms with van der Waals surface area (Å²) in [5.74, 6) is 1.22. The molecule has 0 bridgehead atoms. The predicted molar refractivity (Wildman–Crippen MR) is 135 cm³/mol. The predicted octanol–water partition coefficient (Wildman–Crippen LogP) is 3.95. The highest BCUT2D eigenvalue weighted by Gasteiger charge is 2.34. The molecule has 1 saturated carbocycles. The summed E-state index contributed by atoms with van der Waals surface area (Å²) in [6, 6.07) is 7.31. The highest BCUT2D eigenvalue weighted by atomic mass is 32.1. The summed E-state index contributed by atoms with van der Waals surface area (Å²) in [4.78, 5) is 29.6. The maximum Gasteiger partial charge on any atom is 0.254 e. The number of aryl methyl sites for hydroxylation is 1. The molecule has 1 aromatic carbocycles. The van der Waals surface area contributed by atoms with Gasteiger partial charge in [0.25, 0.3) is 5.91 Å². The number of likely N-dealkylation sites (tertiary alicyclic amines) is 1. The number of hydrogen-bond donors (Lipinski definition) is 0. The van der Waals surface area contributed by atoms with E-state index in [2.05, 4.69) is 32.3 Å². The van der Waals surface area contributed by atoms with Crippen molar-refractivity contribution in [3.8, 4) is 0 Å². The van der Waals surface area contributed by atoms with Gasteiger partial charge in [-0.05, 0) is 38.0 Å². The van der Waals surface area contributed by atoms with Crippen LogP contribution in [0, 0.1) is 6.92 Å². The molecule has 2 saturated heterocycles. The summed E-state index contributed by atoms with van der Waals surface area (Å²) >= 11 is 1.73. The van der Waals surface area contributed by atoms with Crippen LogP contribution in [0.5, 0.6) is 0 Å². The highest BCUT2D eigenvalue weighted by Crippen LogP contribution is 2.32. The SMILES string of the molecule is Cc1nc2cc(C(=O)N3CCN(C4CN(Cc5nccs5)C4)CC3)ccc2n1C1CCCCC1. The van der Waals surface area contributed by atoms with Crippen LogP contribution in [-0.2, 0) is 6.54 Å². The number of nitrogens with zero attached hydrogens (tertiary/aromatic N) is 6. The van der Waals surface area contributed by atoms with Gasteiger partial charge >= 0.3 is 0 Å². The van der Waals surface area contributed by atoms with E-state index in [1.807, 2.05) is 28.6 Å². The lowest BCUT2D eigenvalue weighted by Gasteiger charge is -2.48. The van der Waals surface area contributed by atoms with Crippen LogP contribution in [-0.4, -0.2) is 80.5 Å². The maximum atomic E-state index is 13.3. The van der Waals surface area contributed by atoms with Crippen molar-refractivity contribution in [2.75, 3.05) is 39.3 Å². The van der Waals surface area contributed by atoms with E-state index in [9.17, 15) is 4.79 Å². The van der Waals surface area contributed by atoms with E-state index < -0.39 is 0 Å². The smallest absolute Gasteiger partial charge is 0.254 e. The van der Waals surface area contributed by atoms with Gasteiger partial charge < -0.3 is 9.47 Å². The van der Waals surface area contributed by atoms with Crippen molar-refractivity contribution in [3.63, 3.8) is 0 Å². The molecule has 0 N–H and O–H groups in total. The summed E-state index contributed by atoms with van der Waals surface area (Å²) < 4.78 is 2.41. The first-order valence-electron chi connectivity index (χ1n) is 12.8. The average molecular weight is 479 g/mol. The maximum absolute atomic E-state index is 13.3. The second kappa shape index (κ2) is 9.40. The van der Waals surface area contributed by atoms with E-state index in [-0.39, 0.29) is 5.91 Å². The Morgan fingerprint density at radius 3 is 2.59 bits per heavy atom. The minimum absolute atomic E-state index is 0.144. The van der Waals surface area contributed by atoms with Gasteiger partial charge in [0.2, 0.25) is 0 Å². The topological polar surface area (TPSA) is 57.5 Å². The van der Waals surface area contributed by atoms with Crippen molar-refractivity contribution in [3.05, 3.63) is 46.2 Å². The van der Waals surface area contributed by atoms with Crippen LogP contribution in [0.4, 0.5) is 0 Å². The zero-order valence-electron chi connectivity index (χ0n) is 20.0. The Morgan fingerprint density at radius 1 is 1.06 bits per heavy atom. The van der Waals surface area contributed by atoms with E-state index in [1.54, 1.807) is 11.3 Å². The second-order valence-electron chi connectivity index (χ2n) is 10.1. The molecule has 180 valence electrons. The third-order valence-corrected chi connectivity index (χ3v) is 8.72. The summed E-state index contributed by atoms with van der Waals surface area (Å²) in [6.07, 6.45) is 8.31. The van der Waals surface area contributed by atoms with Crippen molar-refractivity contribution < 1.29 is 4.79 Å². The van der Waals surface area contributed by atoms with Crippen LogP contribution in [0.25, 0.3) is 11.0 Å². The molecule has 0 unspecified atom stereocenters. The van der Waals surface area contributed by atoms with Gasteiger partial charge in [-0.25, -0.2) is 9.97 Å². The Kier molecular flexibility index (Phi) is 6.13. The molecule has 6 rings (SSSR count). The standard InChI is InChI=1S/C26H34N6OS/c1-19-28-23-15-20(7-8-24(23)32(19)21-5-3-2-4-6-21)26(33)31-12-10-30(11-13-31)22-16-29(17-22)18-25-27-9-14-34-25/h7-9,14-15,21-22H,2-6,10-13,16-18H2,1H3. The van der Waals surface area contributed by atoms with E-state index in [4.69, 9.17) is 4.98 Å². The van der Waals surface area contributed by atoms with Gasteiger partial charge in [0.1, 0.15) is 10.8 Å². The van der Waals surface area contributed by atoms with Crippen molar-refractivity contribution >= 4 is 28.3 Å². The molecule has 34 heavy (non-hydrogen) atoms. The number of benzene rings is 1. The minimum atomic E-state index is 0.144. The van der Waals surface area contributed by atoms with Gasteiger partial charge in [-0.2, -0.15) is 0 Å². The van der Waals surface area contributed by atoms with Crippen molar-refractivity contribution in [1.82, 2.24) is 29.2 Å². The molecule has 0 spiro atoms. The molecule has 4 heterocycles. The van der Waals surface area contributed by atoms with Crippen molar-refractivity contribution in [2.24, 2.45) is 0 Å². The van der Waals surface area contributed by atoms with Crippen LogP contribution < -0.4 is 0 Å². The van der Waals surface area contributed by atoms with E-state index in [0.29, 0.717) is 12.1 Å². The Morgan fingerprint density at radius 2 is 1.85 bits per heavy atom. The quantitative estimate of drug-likeness (QED) is 0.556. The lowest BCUT2D eigenvalue weighted by Crippen LogP contribution is -2.63. The second-order valence-corrected chi connectivity index (χ2v) is 11.1. The number of amides is 1. The highest BCUT2D eigenvalue weighted by molar-refractivity contribution is 7.09. The van der Waals surface area contributed by atoms with Gasteiger partial charge in [-0.1, -0.05) is 19.3 Å². The summed E-state index contributed by atoms with van der Waals surface area (Å²) in [7, 11) is 0. The average Bonchev–Trinajstić information content (AvgIpc) is 3.47. The molecular formula is C26H34N6OS. The Bertz CT molecular complexity index is 1140. The monoisotopic (exact) mass is 478 g/mol. The lowest BCUT2D eigenvalue weighted by atomic mass is 9.95. The number of rotatable bonds is 5. The molecule has 3 aliphatic rings. The number of aromatic nitrogens is 3. The molecule has 0 radical (unpaired) electrons. The normalized spacial score (nSPS) is 21.3. The zero-order chi connectivity index (χ0) is 23.1. The fourth-order valence-electron chi connectivity index (χ4n) is 6.05. The first kappa shape index (κ1) is 22.2. The van der Waals surface area contributed by atoms with Crippen LogP contribution in [0.3, 0.4) is 0 Å². The molecule has 3 fully saturated rings. The zero-order valence-corrected chi connectivity index (χ0v) is 20.8. The Labute approximate surface area is 205 Å². The fourth-order valence-corrected chi connectivity index (χ4v) is 6.71. The number of piperazine rings is 1. The van der Waals surface area contributed by atoms with E-state index in [0.717, 1.165) is 62.7 Å². The Balaban J connectivity index is 1.06. The molecule has 0 atom stereocenters. The van der Waals surface area contributed by atoms with Crippen LogP contribution >= 0.6 is 11.3 Å². The molecular weight excluding hydrogens is 444 g/mol. The van der Waals surface area contributed by atoms with Gasteiger partial charge in [-0.3, -0.25) is 14.6 Å². The van der Waals surface area contributed by atoms with Crippen LogP contribution in [0.1, 0.15) is 59.3 Å². The number of hydrogen-bond acceptors (Lipinski definition) is 6. The summed E-state index contributed by atoms with van der Waals surface area (Å²) in [5.41, 5.74) is 2.91. The van der Waals surface area contributed by atoms with Gasteiger partial charge in [0.05, 0.1) is 17.6 Å². The van der Waals surface area contributed by atoms with Crippen LogP contribution in [0.15, 0.2) is 29.8 Å². The molecule has 3 aromatic rings. The van der Waals surface area contributed by atoms with Crippen LogP contribution in [0.2, 0.25) is 0 Å². The largest absolute Gasteiger partial charge is 0.336 e. The first-order valence-corrected chi connectivity index (χ1v) is 13.7. The van der Waals surface area contributed by atoms with Gasteiger partial charge in [0.15, 0.2) is 0 Å². The van der Waals surface area contributed by atoms with Gasteiger partial charge in [0, 0.05) is 68.5 Å². The van der Waals surface area contributed by atoms with Crippen molar-refractivity contribution in [1.29, 1.82) is 0 Å². The summed E-state index contributed by atoms with van der Waals surface area (Å²) in [6.45, 7) is 8.79. The molecule has 1 aliphatic carbocycles. The lowest BCUT2D eigenvalue weighted by molar-refractivity contribution is 0.00256. The van der Waals surface area contributed by atoms with E-state index >= 15 is 0 Å². The Hall–Kier alpha value is -2.29. The third kappa shape index (κ3) is 4.27. The number of imidazole rings is 1. The van der Waals surface area contributed by atoms with E-state index in [1.165, 1.54) is 42.6 Å². The molecule has 2 aromatic heterocycles. The summed E-state index contributed by atoms with van der Waals surface area (Å²) in [5, 5.41) is 3.24. The molecule has 7 nitrogen and oxygen atoms in total. The van der Waals surface area contributed by atoms with Gasteiger partial charge in [-0.15, -0.1) is 11.3 Å². The minimum Gasteiger partial charge on any atom is -0.336 e. The molecule has 8 heteroatoms. The molecule has 2 aliphatic heterocycles. The first-order chi connectivity index (χ1) is 16.7. The fraction of sp³-hybridized carbons (Fsp3) is 0.577. The van der Waals surface area contributed by atoms with Crippen molar-refractivity contribution in [2.45, 2.75) is 57.7 Å². The number of carbonyl (C=O) groups excluding carboxylic acids is 1.